The third-order valence-electron chi connectivity index (χ3n) is 3.39. The van der Waals surface area contributed by atoms with Crippen molar-refractivity contribution < 1.29 is 28.3 Å². The Kier molecular flexibility index (Phi) is 5.81. The fourth-order valence-electron chi connectivity index (χ4n) is 2.26. The molecule has 2 aromatic rings. The summed E-state index contributed by atoms with van der Waals surface area (Å²) in [5, 5.41) is 10.5. The molecule has 0 spiro atoms. The number of aryl methyl sites for hydroxylation is 1. The Balaban J connectivity index is 2.21. The van der Waals surface area contributed by atoms with Gasteiger partial charge in [-0.05, 0) is 29.5 Å². The number of nitrogens with zero attached hydrogens (tertiary/aromatic N) is 1. The van der Waals surface area contributed by atoms with E-state index in [9.17, 15) is 23.2 Å². The van der Waals surface area contributed by atoms with Crippen LogP contribution < -0.4 is 10.6 Å². The molecule has 6 nitrogen and oxygen atoms in total. The summed E-state index contributed by atoms with van der Waals surface area (Å²) in [4.78, 5) is 35.8. The van der Waals surface area contributed by atoms with Gasteiger partial charge < -0.3 is 10.8 Å². The molecule has 132 valence electrons. The number of carbonyl (C=O) groups excluding carboxylic acids is 2. The molecule has 0 bridgehead atoms. The Morgan fingerprint density at radius 2 is 1.92 bits per heavy atom. The first-order valence-corrected chi connectivity index (χ1v) is 8.01. The molecule has 25 heavy (non-hydrogen) atoms. The van der Waals surface area contributed by atoms with Gasteiger partial charge in [-0.15, -0.1) is 11.3 Å². The summed E-state index contributed by atoms with van der Waals surface area (Å²) >= 11 is 0.978. The number of carbonyl (C=O) groups is 3. The summed E-state index contributed by atoms with van der Waals surface area (Å²) in [6, 6.07) is 5.03. The number of hydrogen-bond donors (Lipinski definition) is 2. The lowest BCUT2D eigenvalue weighted by Gasteiger charge is -2.20. The molecule has 0 saturated heterocycles. The Hall–Kier alpha value is -2.81. The summed E-state index contributed by atoms with van der Waals surface area (Å²) in [6.07, 6.45) is -0.379. The van der Waals surface area contributed by atoms with E-state index in [1.807, 2.05) is 0 Å². The SMILES string of the molecule is NC(=O)c1sccc1N(CC(=O)O)C(=O)CCc1cccc(F)c1F. The molecule has 0 radical (unpaired) electrons. The molecule has 0 unspecified atom stereocenters. The van der Waals surface area contributed by atoms with Crippen molar-refractivity contribution in [1.29, 1.82) is 0 Å². The van der Waals surface area contributed by atoms with Crippen molar-refractivity contribution in [1.82, 2.24) is 0 Å². The Bertz CT molecular complexity index is 822. The second kappa shape index (κ2) is 7.84. The van der Waals surface area contributed by atoms with Crippen molar-refractivity contribution in [2.45, 2.75) is 12.8 Å². The van der Waals surface area contributed by atoms with Crippen molar-refractivity contribution in [3.63, 3.8) is 0 Å². The molecule has 0 saturated carbocycles. The minimum Gasteiger partial charge on any atom is -0.480 e. The van der Waals surface area contributed by atoms with Crippen LogP contribution in [0.4, 0.5) is 14.5 Å². The van der Waals surface area contributed by atoms with E-state index in [0.717, 1.165) is 22.3 Å². The summed E-state index contributed by atoms with van der Waals surface area (Å²) < 4.78 is 26.9. The van der Waals surface area contributed by atoms with Gasteiger partial charge in [0.1, 0.15) is 11.4 Å². The van der Waals surface area contributed by atoms with Crippen LogP contribution in [0, 0.1) is 11.6 Å². The number of carboxylic acids is 1. The molecule has 1 heterocycles. The van der Waals surface area contributed by atoms with Gasteiger partial charge in [-0.25, -0.2) is 8.78 Å². The quantitative estimate of drug-likeness (QED) is 0.782. The number of hydrogen-bond acceptors (Lipinski definition) is 4. The van der Waals surface area contributed by atoms with E-state index >= 15 is 0 Å². The lowest BCUT2D eigenvalue weighted by molar-refractivity contribution is -0.136. The normalized spacial score (nSPS) is 10.5. The van der Waals surface area contributed by atoms with Gasteiger partial charge >= 0.3 is 5.97 Å². The topological polar surface area (TPSA) is 101 Å². The van der Waals surface area contributed by atoms with E-state index in [1.165, 1.54) is 23.6 Å². The molecule has 0 fully saturated rings. The second-order valence-corrected chi connectivity index (χ2v) is 6.00. The molecular formula is C16H14F2N2O4S. The van der Waals surface area contributed by atoms with Crippen LogP contribution in [0.25, 0.3) is 0 Å². The number of rotatable bonds is 7. The highest BCUT2D eigenvalue weighted by Gasteiger charge is 2.24. The molecule has 9 heteroatoms. The Morgan fingerprint density at radius 3 is 2.56 bits per heavy atom. The molecule has 2 rings (SSSR count). The van der Waals surface area contributed by atoms with Gasteiger partial charge in [0.15, 0.2) is 11.6 Å². The minimum atomic E-state index is -1.29. The molecule has 0 aliphatic heterocycles. The fraction of sp³-hybridized carbons (Fsp3) is 0.188. The van der Waals surface area contributed by atoms with Crippen LogP contribution in [0.5, 0.6) is 0 Å². The lowest BCUT2D eigenvalue weighted by atomic mass is 10.1. The van der Waals surface area contributed by atoms with E-state index in [2.05, 4.69) is 0 Å². The zero-order valence-electron chi connectivity index (χ0n) is 12.9. The maximum atomic E-state index is 13.7. The minimum absolute atomic E-state index is 0.00377. The zero-order chi connectivity index (χ0) is 18.6. The van der Waals surface area contributed by atoms with Gasteiger partial charge in [0.2, 0.25) is 5.91 Å². The van der Waals surface area contributed by atoms with Crippen LogP contribution >= 0.6 is 11.3 Å². The molecule has 1 aromatic heterocycles. The summed E-state index contributed by atoms with van der Waals surface area (Å²) in [7, 11) is 0. The van der Waals surface area contributed by atoms with E-state index in [-0.39, 0.29) is 29.0 Å². The first kappa shape index (κ1) is 18.5. The second-order valence-electron chi connectivity index (χ2n) is 5.09. The number of nitrogens with two attached hydrogens (primary N) is 1. The molecule has 3 N–H and O–H groups in total. The number of halogens is 2. The van der Waals surface area contributed by atoms with E-state index in [0.29, 0.717) is 0 Å². The third-order valence-corrected chi connectivity index (χ3v) is 4.31. The summed E-state index contributed by atoms with van der Waals surface area (Å²) in [6.45, 7) is -0.679. The van der Waals surface area contributed by atoms with Crippen molar-refractivity contribution in [3.05, 3.63) is 51.7 Å². The van der Waals surface area contributed by atoms with Crippen LogP contribution in [-0.4, -0.2) is 29.4 Å². The first-order valence-electron chi connectivity index (χ1n) is 7.13. The van der Waals surface area contributed by atoms with Gasteiger partial charge in [0, 0.05) is 6.42 Å². The van der Waals surface area contributed by atoms with E-state index in [4.69, 9.17) is 10.8 Å². The van der Waals surface area contributed by atoms with Crippen LogP contribution in [0.1, 0.15) is 21.7 Å². The van der Waals surface area contributed by atoms with E-state index in [1.54, 1.807) is 0 Å². The highest BCUT2D eigenvalue weighted by atomic mass is 32.1. The van der Waals surface area contributed by atoms with E-state index < -0.39 is 36.0 Å². The zero-order valence-corrected chi connectivity index (χ0v) is 13.7. The number of amides is 2. The third kappa shape index (κ3) is 4.38. The fourth-order valence-corrected chi connectivity index (χ4v) is 3.01. The molecule has 1 aromatic carbocycles. The number of primary amides is 1. The monoisotopic (exact) mass is 368 g/mol. The van der Waals surface area contributed by atoms with Crippen LogP contribution in [0.3, 0.4) is 0 Å². The average Bonchev–Trinajstić information content (AvgIpc) is 3.03. The number of aliphatic carboxylic acids is 1. The van der Waals surface area contributed by atoms with Crippen molar-refractivity contribution >= 4 is 34.8 Å². The van der Waals surface area contributed by atoms with Gasteiger partial charge in [-0.2, -0.15) is 0 Å². The summed E-state index contributed by atoms with van der Waals surface area (Å²) in [5.74, 6) is -4.79. The maximum absolute atomic E-state index is 13.7. The highest BCUT2D eigenvalue weighted by Crippen LogP contribution is 2.27. The molecule has 0 aliphatic carbocycles. The number of benzene rings is 1. The van der Waals surface area contributed by atoms with Gasteiger partial charge in [-0.3, -0.25) is 19.3 Å². The van der Waals surface area contributed by atoms with Gasteiger partial charge in [-0.1, -0.05) is 12.1 Å². The largest absolute Gasteiger partial charge is 0.480 e. The molecule has 0 aliphatic rings. The number of anilines is 1. The van der Waals surface area contributed by atoms with Crippen molar-refractivity contribution in [3.8, 4) is 0 Å². The predicted octanol–water partition coefficient (Wildman–Crippen LogP) is 2.18. The average molecular weight is 368 g/mol. The van der Waals surface area contributed by atoms with Crippen LogP contribution in [0.15, 0.2) is 29.6 Å². The Morgan fingerprint density at radius 1 is 1.20 bits per heavy atom. The molecule has 0 atom stereocenters. The molecule has 2 amide bonds. The van der Waals surface area contributed by atoms with Crippen LogP contribution in [0.2, 0.25) is 0 Å². The smallest absolute Gasteiger partial charge is 0.323 e. The van der Waals surface area contributed by atoms with Gasteiger partial charge in [0.05, 0.1) is 5.69 Å². The first-order chi connectivity index (χ1) is 11.8. The summed E-state index contributed by atoms with van der Waals surface area (Å²) in [5.41, 5.74) is 5.32. The highest BCUT2D eigenvalue weighted by molar-refractivity contribution is 7.12. The lowest BCUT2D eigenvalue weighted by Crippen LogP contribution is -2.36. The molecular weight excluding hydrogens is 354 g/mol. The standard InChI is InChI=1S/C16H14F2N2O4S/c17-10-3-1-2-9(14(10)18)4-5-12(21)20(8-13(22)23)11-6-7-25-15(11)16(19)24/h1-3,6-7H,4-5,8H2,(H2,19,24)(H,22,23). The number of carboxylic acid groups (broad SMARTS) is 1. The maximum Gasteiger partial charge on any atom is 0.323 e. The van der Waals surface area contributed by atoms with Crippen LogP contribution in [-0.2, 0) is 16.0 Å². The Labute approximate surface area is 145 Å². The van der Waals surface area contributed by atoms with Crippen molar-refractivity contribution in [2.75, 3.05) is 11.4 Å². The predicted molar refractivity (Wildman–Crippen MR) is 87.5 cm³/mol. The van der Waals surface area contributed by atoms with Crippen molar-refractivity contribution in [2.24, 2.45) is 5.73 Å². The number of thiophene rings is 1. The van der Waals surface area contributed by atoms with Gasteiger partial charge in [0.25, 0.3) is 5.91 Å².